The Bertz CT molecular complexity index is 1820. The number of fused-ring (bicyclic) bond motifs is 1. The van der Waals surface area contributed by atoms with Crippen LogP contribution in [-0.2, 0) is 13.7 Å². The predicted molar refractivity (Wildman–Crippen MR) is 157 cm³/mol. The zero-order valence-electron chi connectivity index (χ0n) is 21.9. The van der Waals surface area contributed by atoms with Gasteiger partial charge in [-0.1, -0.05) is 64.2 Å². The van der Waals surface area contributed by atoms with Gasteiger partial charge < -0.3 is 14.4 Å². The van der Waals surface area contributed by atoms with Crippen LogP contribution in [0.3, 0.4) is 0 Å². The summed E-state index contributed by atoms with van der Waals surface area (Å²) in [5.41, 5.74) is 4.94. The van der Waals surface area contributed by atoms with Crippen LogP contribution in [0.15, 0.2) is 59.1 Å². The van der Waals surface area contributed by atoms with Gasteiger partial charge in [0.15, 0.2) is 5.69 Å². The molecule has 10 heteroatoms. The fourth-order valence-corrected chi connectivity index (χ4v) is 6.67. The van der Waals surface area contributed by atoms with Crippen LogP contribution < -0.4 is 4.74 Å². The lowest BCUT2D eigenvalue weighted by Gasteiger charge is -2.11. The molecule has 2 unspecified atom stereocenters. The van der Waals surface area contributed by atoms with Crippen molar-refractivity contribution in [2.45, 2.75) is 43.6 Å². The minimum absolute atomic E-state index is 0.0790. The number of hydrogen-bond donors (Lipinski definition) is 1. The van der Waals surface area contributed by atoms with Crippen molar-refractivity contribution in [1.29, 1.82) is 0 Å². The molecule has 0 spiro atoms. The zero-order valence-corrected chi connectivity index (χ0v) is 24.2. The average molecular weight is 609 g/mol. The highest BCUT2D eigenvalue weighted by Gasteiger charge is 2.42. The smallest absolute Gasteiger partial charge is 0.357 e. The molecule has 41 heavy (non-hydrogen) atoms. The number of ether oxygens (including phenoxy) is 1. The van der Waals surface area contributed by atoms with Gasteiger partial charge in [0.25, 0.3) is 0 Å². The highest BCUT2D eigenvalue weighted by Crippen LogP contribution is 2.58. The van der Waals surface area contributed by atoms with Crippen LogP contribution in [-0.4, -0.2) is 26.0 Å². The second-order valence-electron chi connectivity index (χ2n) is 10.7. The van der Waals surface area contributed by atoms with E-state index in [2.05, 4.69) is 10.3 Å². The average Bonchev–Trinajstić information content (AvgIpc) is 3.87. The van der Waals surface area contributed by atoms with Gasteiger partial charge in [0.05, 0.1) is 21.1 Å². The molecule has 2 aliphatic carbocycles. The van der Waals surface area contributed by atoms with Crippen LogP contribution in [0.5, 0.6) is 5.75 Å². The summed E-state index contributed by atoms with van der Waals surface area (Å²) in [4.78, 5) is 11.9. The summed E-state index contributed by atoms with van der Waals surface area (Å²) in [6.45, 7) is 0.231. The number of benzene rings is 3. The van der Waals surface area contributed by atoms with E-state index in [1.807, 2.05) is 36.4 Å². The van der Waals surface area contributed by atoms with Crippen molar-refractivity contribution in [3.05, 3.63) is 97.8 Å². The fraction of sp³-hybridized carbons (Fsp3) is 0.258. The summed E-state index contributed by atoms with van der Waals surface area (Å²) in [5, 5.41) is 20.6. The summed E-state index contributed by atoms with van der Waals surface area (Å²) in [7, 11) is 1.76. The van der Waals surface area contributed by atoms with Crippen molar-refractivity contribution in [3.8, 4) is 17.0 Å². The van der Waals surface area contributed by atoms with Crippen LogP contribution in [0.4, 0.5) is 0 Å². The third-order valence-electron chi connectivity index (χ3n) is 8.02. The standard InChI is InChI=1S/C31H24Cl3N3O4/c1-37-25-7-2-4-18(26(25)29(35-37)31(38)39)20-13-19(20)17-11-10-16(12-24(17)34)40-14-21-28(36-41-30(21)15-8-9-15)27-22(32)5-3-6-23(27)33/h2-7,10-12,15,19-20H,8-9,13-14H2,1H3,(H,38,39). The van der Waals surface area contributed by atoms with Crippen molar-refractivity contribution in [1.82, 2.24) is 14.9 Å². The Morgan fingerprint density at radius 2 is 1.76 bits per heavy atom. The number of halogens is 3. The number of carboxylic acid groups (broad SMARTS) is 1. The maximum absolute atomic E-state index is 11.9. The molecule has 0 aliphatic heterocycles. The van der Waals surface area contributed by atoms with Gasteiger partial charge in [-0.3, -0.25) is 4.68 Å². The van der Waals surface area contributed by atoms with Crippen LogP contribution in [0.1, 0.15) is 70.0 Å². The van der Waals surface area contributed by atoms with Gasteiger partial charge in [-0.25, -0.2) is 4.79 Å². The maximum Gasteiger partial charge on any atom is 0.357 e. The Morgan fingerprint density at radius 3 is 2.46 bits per heavy atom. The van der Waals surface area contributed by atoms with E-state index < -0.39 is 5.97 Å². The van der Waals surface area contributed by atoms with Crippen LogP contribution in [0.2, 0.25) is 15.1 Å². The van der Waals surface area contributed by atoms with E-state index >= 15 is 0 Å². The molecule has 0 saturated heterocycles. The summed E-state index contributed by atoms with van der Waals surface area (Å²) in [6.07, 6.45) is 2.96. The van der Waals surface area contributed by atoms with Gasteiger partial charge in [-0.05, 0) is 72.6 Å². The van der Waals surface area contributed by atoms with Gasteiger partial charge in [0, 0.05) is 28.9 Å². The van der Waals surface area contributed by atoms with Crippen molar-refractivity contribution >= 4 is 51.7 Å². The van der Waals surface area contributed by atoms with Gasteiger partial charge in [-0.15, -0.1) is 0 Å². The van der Waals surface area contributed by atoms with Gasteiger partial charge >= 0.3 is 5.97 Å². The quantitative estimate of drug-likeness (QED) is 0.190. The Labute approximate surface area is 250 Å². The van der Waals surface area contributed by atoms with E-state index in [-0.39, 0.29) is 24.1 Å². The molecule has 2 atom stereocenters. The SMILES string of the molecule is Cn1nc(C(=O)O)c2c(C3CC3c3ccc(OCc4c(-c5c(Cl)cccc5Cl)noc4C4CC4)cc3Cl)cccc21. The fourth-order valence-electron chi connectivity index (χ4n) is 5.78. The summed E-state index contributed by atoms with van der Waals surface area (Å²) >= 11 is 19.8. The molecule has 2 aliphatic rings. The number of nitrogens with zero attached hydrogens (tertiary/aromatic N) is 3. The molecular formula is C31H24Cl3N3O4. The van der Waals surface area contributed by atoms with Crippen LogP contribution in [0.25, 0.3) is 22.2 Å². The highest BCUT2D eigenvalue weighted by atomic mass is 35.5. The monoisotopic (exact) mass is 607 g/mol. The molecule has 7 rings (SSSR count). The van der Waals surface area contributed by atoms with E-state index in [1.54, 1.807) is 29.9 Å². The minimum atomic E-state index is -1.03. The first-order valence-corrected chi connectivity index (χ1v) is 14.5. The number of aryl methyl sites for hydroxylation is 1. The van der Waals surface area contributed by atoms with Crippen molar-refractivity contribution < 1.29 is 19.2 Å². The molecule has 2 heterocycles. The molecule has 0 bridgehead atoms. The van der Waals surface area contributed by atoms with Gasteiger partial charge in [-0.2, -0.15) is 5.10 Å². The van der Waals surface area contributed by atoms with Gasteiger partial charge in [0.1, 0.15) is 23.8 Å². The predicted octanol–water partition coefficient (Wildman–Crippen LogP) is 8.61. The Kier molecular flexibility index (Phi) is 6.49. The Balaban J connectivity index is 1.13. The van der Waals surface area contributed by atoms with E-state index in [4.69, 9.17) is 44.1 Å². The zero-order chi connectivity index (χ0) is 28.4. The molecular weight excluding hydrogens is 585 g/mol. The number of carbonyl (C=O) groups is 1. The van der Waals surface area contributed by atoms with Gasteiger partial charge in [0.2, 0.25) is 0 Å². The lowest BCUT2D eigenvalue weighted by Crippen LogP contribution is -2.00. The lowest BCUT2D eigenvalue weighted by molar-refractivity contribution is 0.0691. The first-order valence-electron chi connectivity index (χ1n) is 13.4. The molecule has 0 radical (unpaired) electrons. The summed E-state index contributed by atoms with van der Waals surface area (Å²) in [6, 6.07) is 16.9. The molecule has 2 saturated carbocycles. The van der Waals surface area contributed by atoms with E-state index in [1.165, 1.54) is 0 Å². The molecule has 2 fully saturated rings. The second-order valence-corrected chi connectivity index (χ2v) is 11.9. The van der Waals surface area contributed by atoms with E-state index in [0.717, 1.165) is 47.2 Å². The molecule has 2 aromatic heterocycles. The second kappa shape index (κ2) is 10.1. The topological polar surface area (TPSA) is 90.4 Å². The normalized spacial score (nSPS) is 18.1. The maximum atomic E-state index is 11.9. The number of aromatic nitrogens is 3. The third kappa shape index (κ3) is 4.66. The van der Waals surface area contributed by atoms with Crippen LogP contribution >= 0.6 is 34.8 Å². The number of carboxylic acids is 1. The lowest BCUT2D eigenvalue weighted by atomic mass is 9.99. The number of aromatic carboxylic acids is 1. The molecule has 0 amide bonds. The largest absolute Gasteiger partial charge is 0.489 e. The van der Waals surface area contributed by atoms with Crippen molar-refractivity contribution in [3.63, 3.8) is 0 Å². The van der Waals surface area contributed by atoms with Crippen molar-refractivity contribution in [2.75, 3.05) is 0 Å². The minimum Gasteiger partial charge on any atom is -0.489 e. The molecule has 208 valence electrons. The number of rotatable bonds is 8. The molecule has 7 nitrogen and oxygen atoms in total. The molecule has 5 aromatic rings. The third-order valence-corrected chi connectivity index (χ3v) is 8.98. The van der Waals surface area contributed by atoms with E-state index in [0.29, 0.717) is 43.4 Å². The number of hydrogen-bond acceptors (Lipinski definition) is 5. The Morgan fingerprint density at radius 1 is 1.02 bits per heavy atom. The summed E-state index contributed by atoms with van der Waals surface area (Å²) in [5.74, 6) is 1.06. The summed E-state index contributed by atoms with van der Waals surface area (Å²) < 4.78 is 13.6. The Hall–Kier alpha value is -3.52. The first kappa shape index (κ1) is 26.4. The first-order chi connectivity index (χ1) is 19.8. The highest BCUT2D eigenvalue weighted by molar-refractivity contribution is 6.39. The molecule has 1 N–H and O–H groups in total. The van der Waals surface area contributed by atoms with Crippen LogP contribution in [0, 0.1) is 0 Å². The van der Waals surface area contributed by atoms with E-state index in [9.17, 15) is 9.90 Å². The van der Waals surface area contributed by atoms with Crippen molar-refractivity contribution in [2.24, 2.45) is 7.05 Å². The molecule has 3 aromatic carbocycles.